The van der Waals surface area contributed by atoms with Crippen LogP contribution >= 0.6 is 0 Å². The van der Waals surface area contributed by atoms with Crippen molar-refractivity contribution in [2.45, 2.75) is 18.9 Å². The number of imide groups is 2. The van der Waals surface area contributed by atoms with Gasteiger partial charge in [-0.3, -0.25) is 48.9 Å². The van der Waals surface area contributed by atoms with Crippen molar-refractivity contribution in [1.82, 2.24) is 35.4 Å². The number of aromatic nitrogens is 3. The lowest BCUT2D eigenvalue weighted by atomic mass is 10.0. The van der Waals surface area contributed by atoms with E-state index in [1.165, 1.54) is 22.8 Å². The van der Waals surface area contributed by atoms with Gasteiger partial charge in [0.2, 0.25) is 17.7 Å². The zero-order valence-corrected chi connectivity index (χ0v) is 27.4. The number of rotatable bonds is 14. The number of H-pyrrole nitrogens is 1. The fourth-order valence-electron chi connectivity index (χ4n) is 5.66. The van der Waals surface area contributed by atoms with Crippen LogP contribution in [0.15, 0.2) is 59.5 Å². The molecule has 6 rings (SSSR count). The number of aromatic amines is 1. The quantitative estimate of drug-likeness (QED) is 0.0837. The molecule has 0 saturated carbocycles. The van der Waals surface area contributed by atoms with Crippen LogP contribution in [0, 0.1) is 11.3 Å². The van der Waals surface area contributed by atoms with E-state index < -0.39 is 35.6 Å². The summed E-state index contributed by atoms with van der Waals surface area (Å²) in [6, 6.07) is 13.4. The molecule has 2 aromatic carbocycles. The van der Waals surface area contributed by atoms with E-state index in [1.807, 2.05) is 6.07 Å². The third-order valence-corrected chi connectivity index (χ3v) is 8.18. The van der Waals surface area contributed by atoms with Crippen LogP contribution in [0.1, 0.15) is 39.1 Å². The highest BCUT2D eigenvalue weighted by atomic mass is 16.5. The van der Waals surface area contributed by atoms with Gasteiger partial charge in [0.1, 0.15) is 23.4 Å². The summed E-state index contributed by atoms with van der Waals surface area (Å²) >= 11 is 0. The monoisotopic (exact) mass is 709 g/mol. The van der Waals surface area contributed by atoms with Gasteiger partial charge in [0.25, 0.3) is 23.3 Å². The molecule has 0 aliphatic carbocycles. The average Bonchev–Trinajstić information content (AvgIpc) is 3.67. The smallest absolute Gasteiger partial charge is 0.273 e. The zero-order chi connectivity index (χ0) is 36.8. The molecule has 0 spiro atoms. The fraction of sp³-hybridized carbons (Fsp3) is 0.265. The minimum absolute atomic E-state index is 0.00602. The van der Waals surface area contributed by atoms with Crippen LogP contribution in [0.5, 0.6) is 5.75 Å². The molecular formula is C34H31N9O9. The van der Waals surface area contributed by atoms with E-state index in [0.717, 1.165) is 4.90 Å². The number of anilines is 1. The lowest BCUT2D eigenvalue weighted by molar-refractivity contribution is -0.136. The average molecular weight is 710 g/mol. The number of nitrogens with one attached hydrogen (secondary N) is 5. The first-order valence-electron chi connectivity index (χ1n) is 16.1. The molecule has 2 aliphatic rings. The Balaban J connectivity index is 0.863. The Bertz CT molecular complexity index is 2190. The molecule has 18 nitrogen and oxygen atoms in total. The Kier molecular flexibility index (Phi) is 10.3. The lowest BCUT2D eigenvalue weighted by Crippen LogP contribution is -2.54. The summed E-state index contributed by atoms with van der Waals surface area (Å²) in [5.41, 5.74) is 1.50. The number of piperidine rings is 1. The predicted molar refractivity (Wildman–Crippen MR) is 180 cm³/mol. The van der Waals surface area contributed by atoms with Crippen molar-refractivity contribution in [3.8, 4) is 23.1 Å². The number of hydrogen-bond donors (Lipinski definition) is 5. The third kappa shape index (κ3) is 7.49. The Morgan fingerprint density at radius 3 is 2.46 bits per heavy atom. The molecule has 1 unspecified atom stereocenters. The van der Waals surface area contributed by atoms with Gasteiger partial charge in [-0.1, -0.05) is 6.07 Å². The predicted octanol–water partition coefficient (Wildman–Crippen LogP) is -0.298. The number of nitriles is 1. The first kappa shape index (κ1) is 35.0. The molecule has 1 fully saturated rings. The molecule has 52 heavy (non-hydrogen) atoms. The molecule has 1 atom stereocenters. The van der Waals surface area contributed by atoms with Gasteiger partial charge >= 0.3 is 0 Å². The second-order valence-electron chi connectivity index (χ2n) is 11.6. The second kappa shape index (κ2) is 15.3. The molecular weight excluding hydrogens is 678 g/mol. The standard InChI is InChI=1S/C34H31N9O9/c35-15-20-16-39-43-29(47)14-24(40-31(20)43)19-4-6-21(7-5-19)52-18-28(46)37-11-13-51-12-10-36-27(45)17-38-23-3-1-2-22-30(23)34(50)42(33(22)49)25-8-9-26(44)41-32(25)48/h1-7,14,16,25,38-39H,8-13,17-18H2,(H,36,45)(H,37,46)(H,41,44,48). The summed E-state index contributed by atoms with van der Waals surface area (Å²) in [6.45, 7) is 0.253. The fourth-order valence-corrected chi connectivity index (χ4v) is 5.66. The summed E-state index contributed by atoms with van der Waals surface area (Å²) in [5.74, 6) is -2.87. The molecule has 1 saturated heterocycles. The molecule has 2 aromatic heterocycles. The number of fused-ring (bicyclic) bond motifs is 2. The molecule has 266 valence electrons. The van der Waals surface area contributed by atoms with Crippen molar-refractivity contribution >= 4 is 46.8 Å². The summed E-state index contributed by atoms with van der Waals surface area (Å²) in [5, 5.41) is 22.3. The maximum absolute atomic E-state index is 13.2. The van der Waals surface area contributed by atoms with Gasteiger partial charge in [0, 0.05) is 43.0 Å². The Labute approximate surface area is 294 Å². The normalized spacial score (nSPS) is 15.2. The van der Waals surface area contributed by atoms with Gasteiger partial charge in [-0.05, 0) is 42.8 Å². The molecule has 0 bridgehead atoms. The van der Waals surface area contributed by atoms with Crippen molar-refractivity contribution in [2.75, 3.05) is 44.8 Å². The summed E-state index contributed by atoms with van der Waals surface area (Å²) in [6.07, 6.45) is 1.44. The molecule has 4 heterocycles. The highest BCUT2D eigenvalue weighted by Crippen LogP contribution is 2.32. The van der Waals surface area contributed by atoms with Crippen molar-refractivity contribution in [2.24, 2.45) is 0 Å². The number of hydrogen-bond acceptors (Lipinski definition) is 12. The van der Waals surface area contributed by atoms with Crippen LogP contribution in [0.25, 0.3) is 16.9 Å². The van der Waals surface area contributed by atoms with Crippen LogP contribution < -0.4 is 31.6 Å². The van der Waals surface area contributed by atoms with E-state index in [9.17, 15) is 38.8 Å². The van der Waals surface area contributed by atoms with Crippen molar-refractivity contribution in [3.63, 3.8) is 0 Å². The number of amides is 6. The summed E-state index contributed by atoms with van der Waals surface area (Å²) < 4.78 is 12.2. The highest BCUT2D eigenvalue weighted by molar-refractivity contribution is 6.25. The van der Waals surface area contributed by atoms with Gasteiger partial charge < -0.3 is 25.4 Å². The van der Waals surface area contributed by atoms with Gasteiger partial charge in [0.15, 0.2) is 12.3 Å². The molecule has 0 radical (unpaired) electrons. The largest absolute Gasteiger partial charge is 0.484 e. The SMILES string of the molecule is N#Cc1c[nH]n2c(=O)cc(-c3ccc(OCC(=O)NCCOCCNC(=O)CNc4cccc5c4C(=O)N(C4CCC(=O)NC4=O)C5=O)cc3)nc12. The lowest BCUT2D eigenvalue weighted by Gasteiger charge is -2.27. The topological polar surface area (TPSA) is 246 Å². The van der Waals surface area contributed by atoms with Crippen LogP contribution in [0.4, 0.5) is 5.69 Å². The van der Waals surface area contributed by atoms with E-state index in [-0.39, 0.29) is 91.8 Å². The van der Waals surface area contributed by atoms with Crippen LogP contribution in [-0.2, 0) is 23.9 Å². The van der Waals surface area contributed by atoms with Crippen LogP contribution in [0.2, 0.25) is 0 Å². The van der Waals surface area contributed by atoms with Crippen molar-refractivity contribution in [3.05, 3.63) is 81.8 Å². The van der Waals surface area contributed by atoms with Crippen LogP contribution in [-0.4, -0.2) is 100 Å². The Hall–Kier alpha value is -6.87. The Morgan fingerprint density at radius 1 is 0.981 bits per heavy atom. The minimum Gasteiger partial charge on any atom is -0.484 e. The van der Waals surface area contributed by atoms with E-state index in [4.69, 9.17) is 9.47 Å². The van der Waals surface area contributed by atoms with Crippen molar-refractivity contribution in [1.29, 1.82) is 5.26 Å². The highest BCUT2D eigenvalue weighted by Gasteiger charge is 2.45. The molecule has 2 aliphatic heterocycles. The second-order valence-corrected chi connectivity index (χ2v) is 11.6. The number of benzene rings is 2. The van der Waals surface area contributed by atoms with Gasteiger partial charge in [0.05, 0.1) is 36.6 Å². The first-order valence-corrected chi connectivity index (χ1v) is 16.1. The number of nitrogens with zero attached hydrogens (tertiary/aromatic N) is 4. The molecule has 18 heteroatoms. The number of ether oxygens (including phenoxy) is 2. The summed E-state index contributed by atoms with van der Waals surface area (Å²) in [4.78, 5) is 92.2. The molecule has 6 amide bonds. The molecule has 4 aromatic rings. The van der Waals surface area contributed by atoms with E-state index in [1.54, 1.807) is 36.4 Å². The first-order chi connectivity index (χ1) is 25.1. The number of carbonyl (C=O) groups excluding carboxylic acids is 6. The Morgan fingerprint density at radius 2 is 1.73 bits per heavy atom. The van der Waals surface area contributed by atoms with Gasteiger partial charge in [-0.2, -0.15) is 5.26 Å². The van der Waals surface area contributed by atoms with Gasteiger partial charge in [-0.15, -0.1) is 0 Å². The zero-order valence-electron chi connectivity index (χ0n) is 27.4. The van der Waals surface area contributed by atoms with E-state index in [0.29, 0.717) is 17.0 Å². The van der Waals surface area contributed by atoms with Crippen LogP contribution in [0.3, 0.4) is 0 Å². The minimum atomic E-state index is -1.10. The third-order valence-electron chi connectivity index (χ3n) is 8.18. The number of carbonyl (C=O) groups is 6. The van der Waals surface area contributed by atoms with E-state index >= 15 is 0 Å². The van der Waals surface area contributed by atoms with Gasteiger partial charge in [-0.25, -0.2) is 9.50 Å². The maximum atomic E-state index is 13.2. The maximum Gasteiger partial charge on any atom is 0.273 e. The van der Waals surface area contributed by atoms with E-state index in [2.05, 4.69) is 31.3 Å². The molecule has 5 N–H and O–H groups in total. The van der Waals surface area contributed by atoms with Crippen molar-refractivity contribution < 1.29 is 38.2 Å². The summed E-state index contributed by atoms with van der Waals surface area (Å²) in [7, 11) is 0.